The van der Waals surface area contributed by atoms with Crippen molar-refractivity contribution < 1.29 is 24.3 Å². The molecule has 1 aromatic heterocycles. The fraction of sp³-hybridized carbons (Fsp3) is 0.200. The van der Waals surface area contributed by atoms with Crippen LogP contribution in [0.15, 0.2) is 94.5 Å². The molecule has 12 heteroatoms. The highest BCUT2D eigenvalue weighted by molar-refractivity contribution is 5.93. The van der Waals surface area contributed by atoms with E-state index in [0.29, 0.717) is 16.6 Å². The van der Waals surface area contributed by atoms with E-state index in [0.717, 1.165) is 4.57 Å². The predicted octanol–water partition coefficient (Wildman–Crippen LogP) is 0.646. The van der Waals surface area contributed by atoms with Gasteiger partial charge in [-0.2, -0.15) is 0 Å². The number of rotatable bonds is 12. The summed E-state index contributed by atoms with van der Waals surface area (Å²) in [6.45, 7) is 0. The van der Waals surface area contributed by atoms with E-state index < -0.39 is 59.5 Å². The van der Waals surface area contributed by atoms with Gasteiger partial charge in [0, 0.05) is 12.8 Å². The summed E-state index contributed by atoms with van der Waals surface area (Å²) in [5.41, 5.74) is 5.23. The zero-order valence-corrected chi connectivity index (χ0v) is 22.4. The molecule has 0 aliphatic carbocycles. The number of nitrogens with zero attached hydrogens (tertiary/aromatic N) is 1. The second-order valence-electron chi connectivity index (χ2n) is 9.68. The summed E-state index contributed by atoms with van der Waals surface area (Å²) in [7, 11) is 0. The number of carbonyl (C=O) groups is 4. The standard InChI is InChI=1S/C30H29N5O7/c31-25(36)17-23(29(40)41)33-26(37)22(15-18-9-3-1-4-10-18)32-27(38)24(16-19-11-5-2-6-12-19)35-28(39)20-13-7-8-14-21(20)34-30(35)42/h1-14,22-24H,15-17H2,(H2,31,36)(H,32,38)(H,33,37)(H,34,42)(H,40,41). The van der Waals surface area contributed by atoms with Crippen LogP contribution in [0.2, 0.25) is 0 Å². The number of primary amides is 1. The maximum absolute atomic E-state index is 13.9. The monoisotopic (exact) mass is 571 g/mol. The molecule has 4 aromatic rings. The minimum Gasteiger partial charge on any atom is -0.480 e. The minimum atomic E-state index is -1.63. The summed E-state index contributed by atoms with van der Waals surface area (Å²) < 4.78 is 0.815. The molecular formula is C30H29N5O7. The molecular weight excluding hydrogens is 542 g/mol. The van der Waals surface area contributed by atoms with Gasteiger partial charge in [-0.25, -0.2) is 14.2 Å². The van der Waals surface area contributed by atoms with Gasteiger partial charge in [0.05, 0.1) is 17.3 Å². The molecule has 1 heterocycles. The fourth-order valence-corrected chi connectivity index (χ4v) is 4.60. The van der Waals surface area contributed by atoms with Crippen molar-refractivity contribution in [3.8, 4) is 0 Å². The number of aliphatic carboxylic acids is 1. The van der Waals surface area contributed by atoms with Crippen LogP contribution < -0.4 is 27.6 Å². The number of hydrogen-bond acceptors (Lipinski definition) is 6. The van der Waals surface area contributed by atoms with Gasteiger partial charge >= 0.3 is 11.7 Å². The number of aromatic amines is 1. The Labute approximate surface area is 239 Å². The molecule has 0 spiro atoms. The summed E-state index contributed by atoms with van der Waals surface area (Å²) >= 11 is 0. The van der Waals surface area contributed by atoms with Crippen LogP contribution >= 0.6 is 0 Å². The highest BCUT2D eigenvalue weighted by Crippen LogP contribution is 2.15. The van der Waals surface area contributed by atoms with E-state index in [1.807, 2.05) is 0 Å². The zero-order chi connectivity index (χ0) is 30.2. The summed E-state index contributed by atoms with van der Waals surface area (Å²) in [5.74, 6) is -4.13. The second kappa shape index (κ2) is 13.2. The number of nitrogens with two attached hydrogens (primary N) is 1. The number of carbonyl (C=O) groups excluding carboxylic acids is 3. The Morgan fingerprint density at radius 3 is 1.90 bits per heavy atom. The van der Waals surface area contributed by atoms with Crippen LogP contribution in [0.25, 0.3) is 10.9 Å². The van der Waals surface area contributed by atoms with Gasteiger partial charge in [-0.3, -0.25) is 19.2 Å². The van der Waals surface area contributed by atoms with Crippen molar-refractivity contribution in [1.82, 2.24) is 20.2 Å². The molecule has 0 bridgehead atoms. The number of carboxylic acid groups (broad SMARTS) is 1. The first-order valence-electron chi connectivity index (χ1n) is 13.1. The van der Waals surface area contributed by atoms with E-state index in [1.54, 1.807) is 78.9 Å². The normalized spacial score (nSPS) is 13.0. The number of H-pyrrole nitrogens is 1. The number of hydrogen-bond donors (Lipinski definition) is 5. The fourth-order valence-electron chi connectivity index (χ4n) is 4.60. The molecule has 4 rings (SSSR count). The van der Waals surface area contributed by atoms with Crippen LogP contribution in [0.4, 0.5) is 0 Å². The van der Waals surface area contributed by atoms with E-state index in [1.165, 1.54) is 6.07 Å². The molecule has 216 valence electrons. The van der Waals surface area contributed by atoms with Crippen LogP contribution in [0.1, 0.15) is 23.6 Å². The summed E-state index contributed by atoms with van der Waals surface area (Å²) in [6, 6.07) is 19.4. The Bertz CT molecular complexity index is 1720. The number of fused-ring (bicyclic) bond motifs is 1. The topological polar surface area (TPSA) is 193 Å². The molecule has 3 atom stereocenters. The van der Waals surface area contributed by atoms with E-state index in [4.69, 9.17) is 5.73 Å². The first-order chi connectivity index (χ1) is 20.1. The van der Waals surface area contributed by atoms with Crippen molar-refractivity contribution >= 4 is 34.6 Å². The second-order valence-corrected chi connectivity index (χ2v) is 9.68. The Hall–Kier alpha value is -5.52. The lowest BCUT2D eigenvalue weighted by atomic mass is 10.0. The molecule has 0 aliphatic rings. The third kappa shape index (κ3) is 7.16. The lowest BCUT2D eigenvalue weighted by Crippen LogP contribution is -2.55. The zero-order valence-electron chi connectivity index (χ0n) is 22.4. The van der Waals surface area contributed by atoms with Gasteiger partial charge in [0.25, 0.3) is 5.56 Å². The molecule has 6 N–H and O–H groups in total. The average Bonchev–Trinajstić information content (AvgIpc) is 2.96. The number of amides is 3. The first kappa shape index (κ1) is 29.5. The summed E-state index contributed by atoms with van der Waals surface area (Å²) in [6.07, 6.45) is -0.777. The maximum Gasteiger partial charge on any atom is 0.329 e. The number of carboxylic acids is 1. The van der Waals surface area contributed by atoms with Crippen LogP contribution in [-0.2, 0) is 32.0 Å². The van der Waals surface area contributed by atoms with Crippen LogP contribution in [0, 0.1) is 0 Å². The Morgan fingerprint density at radius 2 is 1.31 bits per heavy atom. The predicted molar refractivity (Wildman–Crippen MR) is 153 cm³/mol. The molecule has 42 heavy (non-hydrogen) atoms. The smallest absolute Gasteiger partial charge is 0.329 e. The molecule has 3 unspecified atom stereocenters. The highest BCUT2D eigenvalue weighted by atomic mass is 16.4. The van der Waals surface area contributed by atoms with Gasteiger partial charge in [-0.05, 0) is 23.3 Å². The van der Waals surface area contributed by atoms with Gasteiger partial charge < -0.3 is 26.5 Å². The molecule has 3 aromatic carbocycles. The minimum absolute atomic E-state index is 0.0532. The van der Waals surface area contributed by atoms with Crippen molar-refractivity contribution in [2.24, 2.45) is 5.73 Å². The third-order valence-electron chi connectivity index (χ3n) is 6.66. The SMILES string of the molecule is NC(=O)CC(NC(=O)C(Cc1ccccc1)NC(=O)C(Cc1ccccc1)n1c(=O)[nH]c2ccccc2c1=O)C(=O)O. The summed E-state index contributed by atoms with van der Waals surface area (Å²) in [5, 5.41) is 14.5. The van der Waals surface area contributed by atoms with Gasteiger partial charge in [0.2, 0.25) is 17.7 Å². The third-order valence-corrected chi connectivity index (χ3v) is 6.66. The maximum atomic E-state index is 13.9. The lowest BCUT2D eigenvalue weighted by Gasteiger charge is -2.25. The largest absolute Gasteiger partial charge is 0.480 e. The molecule has 12 nitrogen and oxygen atoms in total. The highest BCUT2D eigenvalue weighted by Gasteiger charge is 2.32. The van der Waals surface area contributed by atoms with E-state index in [9.17, 15) is 33.9 Å². The number of nitrogens with one attached hydrogen (secondary N) is 3. The Morgan fingerprint density at radius 1 is 0.762 bits per heavy atom. The average molecular weight is 572 g/mol. The van der Waals surface area contributed by atoms with E-state index >= 15 is 0 Å². The van der Waals surface area contributed by atoms with E-state index in [2.05, 4.69) is 15.6 Å². The molecule has 0 fully saturated rings. The first-order valence-corrected chi connectivity index (χ1v) is 13.1. The van der Waals surface area contributed by atoms with Crippen LogP contribution in [-0.4, -0.2) is 50.4 Å². The van der Waals surface area contributed by atoms with Gasteiger partial charge in [-0.1, -0.05) is 72.8 Å². The molecule has 0 aliphatic heterocycles. The van der Waals surface area contributed by atoms with Crippen LogP contribution in [0.5, 0.6) is 0 Å². The molecule has 0 radical (unpaired) electrons. The molecule has 0 saturated heterocycles. The Balaban J connectivity index is 1.73. The van der Waals surface area contributed by atoms with Gasteiger partial charge in [0.1, 0.15) is 18.1 Å². The van der Waals surface area contributed by atoms with Crippen molar-refractivity contribution in [2.75, 3.05) is 0 Å². The van der Waals surface area contributed by atoms with Gasteiger partial charge in [0.15, 0.2) is 0 Å². The Kier molecular flexibility index (Phi) is 9.28. The van der Waals surface area contributed by atoms with Crippen molar-refractivity contribution in [3.05, 3.63) is 117 Å². The molecule has 0 saturated carbocycles. The van der Waals surface area contributed by atoms with Crippen LogP contribution in [0.3, 0.4) is 0 Å². The quantitative estimate of drug-likeness (QED) is 0.165. The van der Waals surface area contributed by atoms with Crippen molar-refractivity contribution in [1.29, 1.82) is 0 Å². The van der Waals surface area contributed by atoms with E-state index in [-0.39, 0.29) is 18.2 Å². The number of para-hydroxylation sites is 1. The van der Waals surface area contributed by atoms with Crippen molar-refractivity contribution in [3.63, 3.8) is 0 Å². The van der Waals surface area contributed by atoms with Crippen molar-refractivity contribution in [2.45, 2.75) is 37.4 Å². The number of benzene rings is 3. The summed E-state index contributed by atoms with van der Waals surface area (Å²) in [4.78, 5) is 79.6. The lowest BCUT2D eigenvalue weighted by molar-refractivity contribution is -0.143. The molecule has 3 amide bonds. The van der Waals surface area contributed by atoms with Gasteiger partial charge in [-0.15, -0.1) is 0 Å². The number of aromatic nitrogens is 2.